The first-order valence-corrected chi connectivity index (χ1v) is 5.97. The van der Waals surface area contributed by atoms with Gasteiger partial charge in [-0.1, -0.05) is 24.8 Å². The maximum atomic E-state index is 9.21. The molecule has 0 aliphatic heterocycles. The van der Waals surface area contributed by atoms with Crippen molar-refractivity contribution in [1.29, 1.82) is 0 Å². The maximum Gasteiger partial charge on any atom is 0.166 e. The highest BCUT2D eigenvalue weighted by molar-refractivity contribution is 5.46. The van der Waals surface area contributed by atoms with Crippen LogP contribution < -0.4 is 14.8 Å². The molecule has 0 bridgehead atoms. The number of benzene rings is 1. The monoisotopic (exact) mass is 251 g/mol. The molecule has 1 aromatic rings. The Hall–Kier alpha value is -1.52. The van der Waals surface area contributed by atoms with E-state index in [4.69, 9.17) is 9.47 Å². The van der Waals surface area contributed by atoms with E-state index in [1.54, 1.807) is 20.1 Å². The number of aliphatic hydroxyl groups excluding tert-OH is 1. The topological polar surface area (TPSA) is 50.7 Å². The minimum atomic E-state index is -0.367. The predicted octanol–water partition coefficient (Wildman–Crippen LogP) is 1.73. The van der Waals surface area contributed by atoms with Gasteiger partial charge in [0, 0.05) is 18.7 Å². The van der Waals surface area contributed by atoms with Crippen LogP contribution in [-0.2, 0) is 6.54 Å². The first kappa shape index (κ1) is 14.5. The molecule has 0 saturated carbocycles. The van der Waals surface area contributed by atoms with Gasteiger partial charge in [0.05, 0.1) is 13.2 Å². The third-order valence-electron chi connectivity index (χ3n) is 2.38. The molecule has 1 atom stereocenters. The van der Waals surface area contributed by atoms with Gasteiger partial charge in [-0.05, 0) is 13.0 Å². The van der Waals surface area contributed by atoms with E-state index >= 15 is 0 Å². The quantitative estimate of drug-likeness (QED) is 0.691. The summed E-state index contributed by atoms with van der Waals surface area (Å²) < 4.78 is 10.9. The summed E-state index contributed by atoms with van der Waals surface area (Å²) in [5.41, 5.74) is 0.997. The Bertz CT molecular complexity index is 377. The fourth-order valence-corrected chi connectivity index (χ4v) is 1.58. The molecule has 0 unspecified atom stereocenters. The minimum absolute atomic E-state index is 0.367. The summed E-state index contributed by atoms with van der Waals surface area (Å²) in [7, 11) is 1.61. The van der Waals surface area contributed by atoms with Gasteiger partial charge in [-0.3, -0.25) is 0 Å². The highest BCUT2D eigenvalue weighted by Crippen LogP contribution is 2.30. The Balaban J connectivity index is 2.77. The lowest BCUT2D eigenvalue weighted by atomic mass is 10.2. The van der Waals surface area contributed by atoms with Crippen LogP contribution in [0.3, 0.4) is 0 Å². The van der Waals surface area contributed by atoms with Crippen molar-refractivity contribution in [2.24, 2.45) is 0 Å². The molecule has 0 radical (unpaired) electrons. The maximum absolute atomic E-state index is 9.21. The van der Waals surface area contributed by atoms with Gasteiger partial charge in [0.1, 0.15) is 6.61 Å². The van der Waals surface area contributed by atoms with E-state index in [-0.39, 0.29) is 6.10 Å². The van der Waals surface area contributed by atoms with Gasteiger partial charge in [-0.2, -0.15) is 0 Å². The summed E-state index contributed by atoms with van der Waals surface area (Å²) in [6, 6.07) is 5.74. The smallest absolute Gasteiger partial charge is 0.166 e. The number of ether oxygens (including phenoxy) is 2. The average Bonchev–Trinajstić information content (AvgIpc) is 2.36. The molecule has 0 heterocycles. The lowest BCUT2D eigenvalue weighted by Crippen LogP contribution is -2.24. The molecule has 0 saturated heterocycles. The van der Waals surface area contributed by atoms with E-state index in [2.05, 4.69) is 11.9 Å². The molecule has 0 fully saturated rings. The Kier molecular flexibility index (Phi) is 6.25. The number of methoxy groups -OCH3 is 1. The molecular formula is C14H21NO3. The molecule has 1 rings (SSSR count). The second kappa shape index (κ2) is 7.74. The molecule has 0 aliphatic rings. The number of rotatable bonds is 8. The van der Waals surface area contributed by atoms with Gasteiger partial charge in [-0.15, -0.1) is 0 Å². The summed E-state index contributed by atoms with van der Waals surface area (Å²) in [6.45, 7) is 6.97. The van der Waals surface area contributed by atoms with Gasteiger partial charge in [0.2, 0.25) is 0 Å². The fourth-order valence-electron chi connectivity index (χ4n) is 1.58. The largest absolute Gasteiger partial charge is 0.493 e. The van der Waals surface area contributed by atoms with Crippen LogP contribution in [0.5, 0.6) is 11.5 Å². The first-order valence-electron chi connectivity index (χ1n) is 5.97. The number of hydrogen-bond acceptors (Lipinski definition) is 4. The lowest BCUT2D eigenvalue weighted by molar-refractivity contribution is 0.190. The molecule has 2 N–H and O–H groups in total. The summed E-state index contributed by atoms with van der Waals surface area (Å²) in [6.07, 6.45) is 1.33. The fraction of sp³-hybridized carbons (Fsp3) is 0.429. The summed E-state index contributed by atoms with van der Waals surface area (Å²) in [4.78, 5) is 0. The molecular weight excluding hydrogens is 230 g/mol. The molecule has 100 valence electrons. The molecule has 0 aliphatic carbocycles. The second-order valence-electron chi connectivity index (χ2n) is 4.03. The highest BCUT2D eigenvalue weighted by Gasteiger charge is 2.10. The summed E-state index contributed by atoms with van der Waals surface area (Å²) in [5.74, 6) is 1.42. The van der Waals surface area contributed by atoms with E-state index in [0.717, 1.165) is 11.3 Å². The van der Waals surface area contributed by atoms with Crippen molar-refractivity contribution in [3.63, 3.8) is 0 Å². The van der Waals surface area contributed by atoms with Crippen molar-refractivity contribution in [3.05, 3.63) is 36.4 Å². The van der Waals surface area contributed by atoms with Crippen molar-refractivity contribution in [2.45, 2.75) is 19.6 Å². The van der Waals surface area contributed by atoms with E-state index in [0.29, 0.717) is 25.4 Å². The van der Waals surface area contributed by atoms with Crippen LogP contribution in [0.2, 0.25) is 0 Å². The molecule has 4 heteroatoms. The molecule has 4 nitrogen and oxygen atoms in total. The average molecular weight is 251 g/mol. The van der Waals surface area contributed by atoms with Crippen molar-refractivity contribution < 1.29 is 14.6 Å². The third kappa shape index (κ3) is 4.39. The van der Waals surface area contributed by atoms with Gasteiger partial charge in [0.25, 0.3) is 0 Å². The Morgan fingerprint density at radius 2 is 2.28 bits per heavy atom. The molecule has 0 aromatic heterocycles. The SMILES string of the molecule is C=CCOc1c(CNC[C@H](C)O)cccc1OC. The predicted molar refractivity (Wildman–Crippen MR) is 72.1 cm³/mol. The van der Waals surface area contributed by atoms with Crippen LogP contribution >= 0.6 is 0 Å². The highest BCUT2D eigenvalue weighted by atomic mass is 16.5. The van der Waals surface area contributed by atoms with E-state index in [1.165, 1.54) is 0 Å². The normalized spacial score (nSPS) is 11.9. The number of aliphatic hydroxyl groups is 1. The molecule has 18 heavy (non-hydrogen) atoms. The Morgan fingerprint density at radius 3 is 2.89 bits per heavy atom. The van der Waals surface area contributed by atoms with Crippen molar-refractivity contribution in [2.75, 3.05) is 20.3 Å². The van der Waals surface area contributed by atoms with Crippen molar-refractivity contribution in [3.8, 4) is 11.5 Å². The Morgan fingerprint density at radius 1 is 1.50 bits per heavy atom. The minimum Gasteiger partial charge on any atom is -0.493 e. The zero-order chi connectivity index (χ0) is 13.4. The van der Waals surface area contributed by atoms with Crippen LogP contribution in [0.25, 0.3) is 0 Å². The van der Waals surface area contributed by atoms with Gasteiger partial charge in [0.15, 0.2) is 11.5 Å². The van der Waals surface area contributed by atoms with Crippen LogP contribution in [0, 0.1) is 0 Å². The van der Waals surface area contributed by atoms with Crippen LogP contribution in [-0.4, -0.2) is 31.5 Å². The Labute approximate surface area is 108 Å². The van der Waals surface area contributed by atoms with Gasteiger partial charge >= 0.3 is 0 Å². The van der Waals surface area contributed by atoms with Gasteiger partial charge < -0.3 is 19.9 Å². The molecule has 1 aromatic carbocycles. The standard InChI is InChI=1S/C14H21NO3/c1-4-8-18-14-12(10-15-9-11(2)16)6-5-7-13(14)17-3/h4-7,11,15-16H,1,8-10H2,2-3H3/t11-/m0/s1. The van der Waals surface area contributed by atoms with E-state index in [1.807, 2.05) is 18.2 Å². The van der Waals surface area contributed by atoms with Crippen LogP contribution in [0.4, 0.5) is 0 Å². The second-order valence-corrected chi connectivity index (χ2v) is 4.03. The van der Waals surface area contributed by atoms with Crippen molar-refractivity contribution in [1.82, 2.24) is 5.32 Å². The molecule has 0 amide bonds. The van der Waals surface area contributed by atoms with Crippen molar-refractivity contribution >= 4 is 0 Å². The lowest BCUT2D eigenvalue weighted by Gasteiger charge is -2.15. The van der Waals surface area contributed by atoms with E-state index in [9.17, 15) is 5.11 Å². The van der Waals surface area contributed by atoms with Gasteiger partial charge in [-0.25, -0.2) is 0 Å². The number of para-hydroxylation sites is 1. The first-order chi connectivity index (χ1) is 8.69. The number of hydrogen-bond donors (Lipinski definition) is 2. The van der Waals surface area contributed by atoms with Crippen LogP contribution in [0.1, 0.15) is 12.5 Å². The third-order valence-corrected chi connectivity index (χ3v) is 2.38. The summed E-state index contributed by atoms with van der Waals surface area (Å²) >= 11 is 0. The van der Waals surface area contributed by atoms with Crippen LogP contribution in [0.15, 0.2) is 30.9 Å². The molecule has 0 spiro atoms. The zero-order valence-electron chi connectivity index (χ0n) is 11.0. The summed E-state index contributed by atoms with van der Waals surface area (Å²) in [5, 5.41) is 12.4. The van der Waals surface area contributed by atoms with E-state index < -0.39 is 0 Å². The number of nitrogens with one attached hydrogen (secondary N) is 1. The zero-order valence-corrected chi connectivity index (χ0v) is 11.0.